The molecule has 0 saturated carbocycles. The van der Waals surface area contributed by atoms with Crippen LogP contribution in [0, 0.1) is 0 Å². The predicted molar refractivity (Wildman–Crippen MR) is 118 cm³/mol. The molecule has 30 heavy (non-hydrogen) atoms. The van der Waals surface area contributed by atoms with Gasteiger partial charge >= 0.3 is 0 Å². The summed E-state index contributed by atoms with van der Waals surface area (Å²) in [6.07, 6.45) is 0. The van der Waals surface area contributed by atoms with Gasteiger partial charge in [0.2, 0.25) is 18.2 Å². The summed E-state index contributed by atoms with van der Waals surface area (Å²) in [5.74, 6) is -0.139. The Balaban J connectivity index is 2.34. The Labute approximate surface area is 183 Å². The van der Waals surface area contributed by atoms with Crippen LogP contribution in [-0.2, 0) is 4.57 Å². The molecule has 5 nitrogen and oxygen atoms in total. The first-order valence-corrected chi connectivity index (χ1v) is 11.2. The predicted octanol–water partition coefficient (Wildman–Crippen LogP) is 5.68. The van der Waals surface area contributed by atoms with Crippen molar-refractivity contribution >= 4 is 46.7 Å². The quantitative estimate of drug-likeness (QED) is 0.422. The second-order valence-electron chi connectivity index (χ2n) is 6.20. The van der Waals surface area contributed by atoms with E-state index in [-0.39, 0.29) is 38.0 Å². The zero-order valence-electron chi connectivity index (χ0n) is 16.1. The van der Waals surface area contributed by atoms with Crippen LogP contribution in [0.5, 0.6) is 11.5 Å². The molecule has 0 N–H and O–H groups in total. The van der Waals surface area contributed by atoms with E-state index in [0.717, 1.165) is 0 Å². The van der Waals surface area contributed by atoms with Gasteiger partial charge in [-0.05, 0) is 6.07 Å². The van der Waals surface area contributed by atoms with E-state index in [1.807, 2.05) is 0 Å². The van der Waals surface area contributed by atoms with Crippen LogP contribution in [0.1, 0.15) is 20.7 Å². The molecule has 3 rings (SSSR count). The monoisotopic (exact) mass is 462 g/mol. The van der Waals surface area contributed by atoms with Crippen LogP contribution in [0.3, 0.4) is 0 Å². The van der Waals surface area contributed by atoms with Gasteiger partial charge in [0.1, 0.15) is 5.56 Å². The molecule has 8 heteroatoms. The minimum absolute atomic E-state index is 0.0263. The van der Waals surface area contributed by atoms with Crippen LogP contribution < -0.4 is 14.8 Å². The first kappa shape index (κ1) is 22.1. The lowest BCUT2D eigenvalue weighted by molar-refractivity contribution is 0.103. The number of methoxy groups -OCH3 is 2. The van der Waals surface area contributed by atoms with Crippen LogP contribution in [-0.4, -0.2) is 25.3 Å². The lowest BCUT2D eigenvalue weighted by Gasteiger charge is -2.20. The molecule has 3 aromatic carbocycles. The molecule has 0 amide bonds. The summed E-state index contributed by atoms with van der Waals surface area (Å²) < 4.78 is 24.9. The Morgan fingerprint density at radius 2 is 1.23 bits per heavy atom. The van der Waals surface area contributed by atoms with Gasteiger partial charge in [0.25, 0.3) is 0 Å². The zero-order chi connectivity index (χ0) is 21.9. The molecule has 1 unspecified atom stereocenters. The van der Waals surface area contributed by atoms with Gasteiger partial charge in [0.05, 0.1) is 24.3 Å². The smallest absolute Gasteiger partial charge is 0.248 e. The Morgan fingerprint density at radius 3 is 1.70 bits per heavy atom. The SMILES string of the molecule is COc1c(Cl)cc(Cl)c(OC)c1C(=O)P(=O)(C(=O)c1ccccc1)c1ccccc1. The summed E-state index contributed by atoms with van der Waals surface area (Å²) in [4.78, 5) is 27.2. The van der Waals surface area contributed by atoms with E-state index in [2.05, 4.69) is 0 Å². The molecule has 0 fully saturated rings. The number of hydrogen-bond acceptors (Lipinski definition) is 5. The second kappa shape index (κ2) is 9.05. The Kier molecular flexibility index (Phi) is 6.67. The van der Waals surface area contributed by atoms with E-state index in [4.69, 9.17) is 32.7 Å². The van der Waals surface area contributed by atoms with Crippen molar-refractivity contribution in [2.45, 2.75) is 0 Å². The molecule has 0 aliphatic rings. The third-order valence-corrected chi connectivity index (χ3v) is 7.69. The summed E-state index contributed by atoms with van der Waals surface area (Å²) >= 11 is 12.4. The first-order valence-electron chi connectivity index (χ1n) is 8.76. The van der Waals surface area contributed by atoms with E-state index in [1.165, 1.54) is 44.6 Å². The number of benzene rings is 3. The molecule has 0 radical (unpaired) electrons. The average molecular weight is 463 g/mol. The molecule has 0 spiro atoms. The summed E-state index contributed by atoms with van der Waals surface area (Å²) in [5.41, 5.74) is -1.88. The number of carbonyl (C=O) groups is 2. The Hall–Kier alpha value is -2.59. The maximum atomic E-state index is 14.3. The van der Waals surface area contributed by atoms with Gasteiger partial charge in [-0.1, -0.05) is 83.9 Å². The van der Waals surface area contributed by atoms with Crippen molar-refractivity contribution in [1.29, 1.82) is 0 Å². The Morgan fingerprint density at radius 1 is 0.767 bits per heavy atom. The van der Waals surface area contributed by atoms with Crippen molar-refractivity contribution in [2.24, 2.45) is 0 Å². The van der Waals surface area contributed by atoms with Gasteiger partial charge in [-0.25, -0.2) is 0 Å². The largest absolute Gasteiger partial charge is 0.494 e. The lowest BCUT2D eigenvalue weighted by atomic mass is 10.2. The van der Waals surface area contributed by atoms with Gasteiger partial charge in [0.15, 0.2) is 11.5 Å². The minimum atomic E-state index is -4.37. The highest BCUT2D eigenvalue weighted by Crippen LogP contribution is 2.55. The molecule has 154 valence electrons. The van der Waals surface area contributed by atoms with Crippen molar-refractivity contribution in [3.63, 3.8) is 0 Å². The normalized spacial score (nSPS) is 12.7. The molecular formula is C22H17Cl2O5P. The van der Waals surface area contributed by atoms with Gasteiger partial charge in [0, 0.05) is 10.9 Å². The molecule has 0 aliphatic heterocycles. The molecule has 1 atom stereocenters. The molecule has 3 aromatic rings. The molecular weight excluding hydrogens is 446 g/mol. The number of hydrogen-bond donors (Lipinski definition) is 0. The topological polar surface area (TPSA) is 69.7 Å². The fourth-order valence-corrected chi connectivity index (χ4v) is 5.96. The summed E-state index contributed by atoms with van der Waals surface area (Å²) in [6.45, 7) is 0. The number of rotatable bonds is 7. The van der Waals surface area contributed by atoms with Crippen molar-refractivity contribution < 1.29 is 23.6 Å². The standard InChI is InChI=1S/C22H17Cl2O5P/c1-28-19-16(23)13-17(24)20(29-2)18(19)22(26)30(27,15-11-7-4-8-12-15)21(25)14-9-5-3-6-10-14/h3-13H,1-2H3. The van der Waals surface area contributed by atoms with Crippen molar-refractivity contribution in [3.8, 4) is 11.5 Å². The highest BCUT2D eigenvalue weighted by Gasteiger charge is 2.45. The fraction of sp³-hybridized carbons (Fsp3) is 0.0909. The highest BCUT2D eigenvalue weighted by atomic mass is 35.5. The van der Waals surface area contributed by atoms with Gasteiger partial charge < -0.3 is 14.0 Å². The van der Waals surface area contributed by atoms with Crippen LogP contribution in [0.25, 0.3) is 0 Å². The third-order valence-electron chi connectivity index (χ3n) is 4.48. The second-order valence-corrected chi connectivity index (χ2v) is 9.56. The molecule has 0 bridgehead atoms. The van der Waals surface area contributed by atoms with Crippen LogP contribution in [0.2, 0.25) is 10.0 Å². The zero-order valence-corrected chi connectivity index (χ0v) is 18.5. The third kappa shape index (κ3) is 3.77. The first-order chi connectivity index (χ1) is 14.4. The van der Waals surface area contributed by atoms with E-state index in [0.29, 0.717) is 0 Å². The minimum Gasteiger partial charge on any atom is -0.494 e. The van der Waals surface area contributed by atoms with Gasteiger partial charge in [-0.15, -0.1) is 0 Å². The van der Waals surface area contributed by atoms with Crippen molar-refractivity contribution in [3.05, 3.63) is 87.9 Å². The average Bonchev–Trinajstić information content (AvgIpc) is 2.78. The van der Waals surface area contributed by atoms with E-state index >= 15 is 0 Å². The molecule has 0 heterocycles. The lowest BCUT2D eigenvalue weighted by Crippen LogP contribution is -2.21. The number of carbonyl (C=O) groups excluding carboxylic acids is 2. The highest BCUT2D eigenvalue weighted by molar-refractivity contribution is 8.01. The molecule has 0 aromatic heterocycles. The fourth-order valence-electron chi connectivity index (χ4n) is 3.06. The Bertz CT molecular complexity index is 1120. The van der Waals surface area contributed by atoms with Gasteiger partial charge in [-0.2, -0.15) is 0 Å². The molecule has 0 saturated heterocycles. The van der Waals surface area contributed by atoms with Crippen LogP contribution in [0.4, 0.5) is 0 Å². The maximum absolute atomic E-state index is 14.3. The van der Waals surface area contributed by atoms with Crippen LogP contribution in [0.15, 0.2) is 66.7 Å². The summed E-state index contributed by atoms with van der Waals surface area (Å²) in [6, 6.07) is 17.2. The van der Waals surface area contributed by atoms with Gasteiger partial charge in [-0.3, -0.25) is 9.59 Å². The summed E-state index contributed by atoms with van der Waals surface area (Å²) in [5, 5.41) is 0.140. The number of ether oxygens (including phenoxy) is 2. The van der Waals surface area contributed by atoms with E-state index in [9.17, 15) is 14.2 Å². The van der Waals surface area contributed by atoms with Crippen molar-refractivity contribution in [2.75, 3.05) is 14.2 Å². The summed E-state index contributed by atoms with van der Waals surface area (Å²) in [7, 11) is -1.77. The maximum Gasteiger partial charge on any atom is 0.248 e. The van der Waals surface area contributed by atoms with Crippen LogP contribution >= 0.6 is 30.3 Å². The van der Waals surface area contributed by atoms with Crippen molar-refractivity contribution in [1.82, 2.24) is 0 Å². The van der Waals surface area contributed by atoms with E-state index in [1.54, 1.807) is 36.4 Å². The van der Waals surface area contributed by atoms with E-state index < -0.39 is 18.2 Å². The molecule has 0 aliphatic carbocycles. The number of halogens is 2.